The van der Waals surface area contributed by atoms with Crippen molar-refractivity contribution in [2.24, 2.45) is 0 Å². The number of rotatable bonds is 5. The Kier molecular flexibility index (Phi) is 8.08. The smallest absolute Gasteiger partial charge is 0.0159 e. The third-order valence-corrected chi connectivity index (χ3v) is 15.1. The van der Waals surface area contributed by atoms with Crippen molar-refractivity contribution in [2.75, 3.05) is 0 Å². The Bertz CT molecular complexity index is 3330. The van der Waals surface area contributed by atoms with Crippen LogP contribution in [0, 0.1) is 0 Å². The second-order valence-corrected chi connectivity index (χ2v) is 19.7. The van der Waals surface area contributed by atoms with Crippen LogP contribution in [-0.4, -0.2) is 0 Å². The third-order valence-electron chi connectivity index (χ3n) is 15.1. The van der Waals surface area contributed by atoms with E-state index in [1.54, 1.807) is 0 Å². The summed E-state index contributed by atoms with van der Waals surface area (Å²) >= 11 is 0. The Morgan fingerprint density at radius 1 is 0.190 bits per heavy atom. The Hall–Kier alpha value is -7.02. The lowest BCUT2D eigenvalue weighted by Crippen LogP contribution is -2.16. The zero-order valence-electron chi connectivity index (χ0n) is 37.0. The van der Waals surface area contributed by atoms with Crippen molar-refractivity contribution in [3.05, 3.63) is 228 Å². The van der Waals surface area contributed by atoms with Crippen molar-refractivity contribution in [3.63, 3.8) is 0 Å². The highest BCUT2D eigenvalue weighted by Crippen LogP contribution is 2.54. The van der Waals surface area contributed by atoms with Gasteiger partial charge in [-0.2, -0.15) is 0 Å². The van der Waals surface area contributed by atoms with E-state index in [2.05, 4.69) is 236 Å². The lowest BCUT2D eigenvalue weighted by molar-refractivity contribution is 0.659. The average Bonchev–Trinajstić information content (AvgIpc) is 3.80. The van der Waals surface area contributed by atoms with Gasteiger partial charge >= 0.3 is 0 Å². The van der Waals surface area contributed by atoms with Gasteiger partial charge in [0.25, 0.3) is 0 Å². The SMILES string of the molecule is CC1(C)c2ccccc2-c2ccc(-c3ccc4c(c3)C(C)(C)c3cc(-c5ccc6c(c5)C(C)(C)c5cc(-c7cccc(-c8ccc(-c9ccccc9)cc8)c7)ccc5-6)ccc3-4)cc21. The van der Waals surface area contributed by atoms with E-state index in [4.69, 9.17) is 0 Å². The molecule has 0 bridgehead atoms. The van der Waals surface area contributed by atoms with Gasteiger partial charge in [-0.05, 0) is 159 Å². The van der Waals surface area contributed by atoms with E-state index in [0.29, 0.717) is 0 Å². The van der Waals surface area contributed by atoms with Gasteiger partial charge in [0.1, 0.15) is 0 Å². The van der Waals surface area contributed by atoms with E-state index in [1.165, 1.54) is 122 Å². The van der Waals surface area contributed by atoms with E-state index >= 15 is 0 Å². The topological polar surface area (TPSA) is 0 Å². The standard InChI is InChI=1S/C63H50/c1-61(2)55-18-11-10-17-49(55)50-28-24-45(35-56(50)61)46-25-30-53-54-32-27-48(38-60(54)63(5,6)59(53)36-46)47-26-31-52-51-29-23-44(34-57(51)62(3,4)58(52)37-47)43-16-12-15-42(33-43)41-21-19-40(20-22-41)39-13-8-7-9-14-39/h7-38H,1-6H3. The summed E-state index contributed by atoms with van der Waals surface area (Å²) in [6, 6.07) is 73.2. The fraction of sp³-hybridized carbons (Fsp3) is 0.143. The summed E-state index contributed by atoms with van der Waals surface area (Å²) in [7, 11) is 0. The summed E-state index contributed by atoms with van der Waals surface area (Å²) in [6.45, 7) is 14.3. The van der Waals surface area contributed by atoms with Gasteiger partial charge in [-0.1, -0.05) is 199 Å². The van der Waals surface area contributed by atoms with E-state index in [9.17, 15) is 0 Å². The van der Waals surface area contributed by atoms with Crippen LogP contribution in [0.3, 0.4) is 0 Å². The van der Waals surface area contributed by atoms with Crippen LogP contribution in [0.15, 0.2) is 194 Å². The minimum atomic E-state index is -0.139. The van der Waals surface area contributed by atoms with Crippen LogP contribution in [0.4, 0.5) is 0 Å². The Morgan fingerprint density at radius 2 is 0.444 bits per heavy atom. The minimum absolute atomic E-state index is 0.0204. The fourth-order valence-corrected chi connectivity index (χ4v) is 11.4. The first kappa shape index (κ1) is 37.7. The predicted octanol–water partition coefficient (Wildman–Crippen LogP) is 16.9. The number of hydrogen-bond acceptors (Lipinski definition) is 0. The molecule has 9 aromatic carbocycles. The summed E-state index contributed by atoms with van der Waals surface area (Å²) in [4.78, 5) is 0. The number of fused-ring (bicyclic) bond motifs is 9. The number of benzene rings is 9. The van der Waals surface area contributed by atoms with Gasteiger partial charge in [-0.3, -0.25) is 0 Å². The molecule has 0 spiro atoms. The Labute approximate surface area is 372 Å². The van der Waals surface area contributed by atoms with Crippen LogP contribution >= 0.6 is 0 Å². The van der Waals surface area contributed by atoms with Crippen molar-refractivity contribution in [2.45, 2.75) is 57.8 Å². The quantitative estimate of drug-likeness (QED) is 0.163. The van der Waals surface area contributed by atoms with Crippen molar-refractivity contribution < 1.29 is 0 Å². The first-order valence-electron chi connectivity index (χ1n) is 22.6. The molecule has 0 atom stereocenters. The fourth-order valence-electron chi connectivity index (χ4n) is 11.4. The maximum atomic E-state index is 2.47. The molecule has 0 heteroatoms. The molecule has 0 aromatic heterocycles. The van der Waals surface area contributed by atoms with Crippen molar-refractivity contribution in [1.82, 2.24) is 0 Å². The summed E-state index contributed by atoms with van der Waals surface area (Å²) in [6.07, 6.45) is 0. The van der Waals surface area contributed by atoms with Crippen molar-refractivity contribution in [3.8, 4) is 89.0 Å². The van der Waals surface area contributed by atoms with Crippen LogP contribution < -0.4 is 0 Å². The van der Waals surface area contributed by atoms with E-state index in [-0.39, 0.29) is 16.2 Å². The predicted molar refractivity (Wildman–Crippen MR) is 266 cm³/mol. The molecule has 12 rings (SSSR count). The molecule has 302 valence electrons. The maximum Gasteiger partial charge on any atom is 0.0159 e. The van der Waals surface area contributed by atoms with E-state index < -0.39 is 0 Å². The molecule has 0 fully saturated rings. The van der Waals surface area contributed by atoms with Crippen LogP contribution in [0.2, 0.25) is 0 Å². The maximum absolute atomic E-state index is 2.47. The summed E-state index contributed by atoms with van der Waals surface area (Å²) in [5.41, 5.74) is 28.8. The van der Waals surface area contributed by atoms with E-state index in [1.807, 2.05) is 0 Å². The molecule has 0 saturated heterocycles. The molecule has 0 N–H and O–H groups in total. The third kappa shape index (κ3) is 5.67. The van der Waals surface area contributed by atoms with Gasteiger partial charge in [-0.25, -0.2) is 0 Å². The highest BCUT2D eigenvalue weighted by molar-refractivity contribution is 5.90. The van der Waals surface area contributed by atoms with Gasteiger partial charge in [-0.15, -0.1) is 0 Å². The van der Waals surface area contributed by atoms with Crippen LogP contribution in [0.1, 0.15) is 74.9 Å². The highest BCUT2D eigenvalue weighted by Gasteiger charge is 2.39. The van der Waals surface area contributed by atoms with Crippen LogP contribution in [0.5, 0.6) is 0 Å². The molecule has 0 nitrogen and oxygen atoms in total. The monoisotopic (exact) mass is 806 g/mol. The molecular weight excluding hydrogens is 757 g/mol. The molecule has 0 unspecified atom stereocenters. The summed E-state index contributed by atoms with van der Waals surface area (Å²) < 4.78 is 0. The van der Waals surface area contributed by atoms with Gasteiger partial charge in [0, 0.05) is 16.2 Å². The molecule has 0 aliphatic heterocycles. The molecule has 9 aromatic rings. The van der Waals surface area contributed by atoms with Gasteiger partial charge in [0.15, 0.2) is 0 Å². The molecule has 0 heterocycles. The molecule has 63 heavy (non-hydrogen) atoms. The molecule has 0 radical (unpaired) electrons. The molecule has 3 aliphatic carbocycles. The lowest BCUT2D eigenvalue weighted by atomic mass is 9.79. The molecule has 3 aliphatic rings. The molecule has 0 saturated carbocycles. The summed E-state index contributed by atoms with van der Waals surface area (Å²) in [5.74, 6) is 0. The van der Waals surface area contributed by atoms with E-state index in [0.717, 1.165) is 0 Å². The van der Waals surface area contributed by atoms with Crippen molar-refractivity contribution >= 4 is 0 Å². The number of hydrogen-bond donors (Lipinski definition) is 0. The van der Waals surface area contributed by atoms with Gasteiger partial charge < -0.3 is 0 Å². The Balaban J connectivity index is 0.832. The highest BCUT2D eigenvalue weighted by atomic mass is 14.4. The van der Waals surface area contributed by atoms with Crippen molar-refractivity contribution in [1.29, 1.82) is 0 Å². The second kappa shape index (κ2) is 13.5. The first-order chi connectivity index (χ1) is 30.5. The molecular formula is C63H50. The zero-order chi connectivity index (χ0) is 42.8. The van der Waals surface area contributed by atoms with Gasteiger partial charge in [0.05, 0.1) is 0 Å². The second-order valence-electron chi connectivity index (χ2n) is 19.7. The van der Waals surface area contributed by atoms with Crippen LogP contribution in [0.25, 0.3) is 89.0 Å². The van der Waals surface area contributed by atoms with Crippen LogP contribution in [-0.2, 0) is 16.2 Å². The normalized spacial score (nSPS) is 15.2. The lowest BCUT2D eigenvalue weighted by Gasteiger charge is -2.24. The largest absolute Gasteiger partial charge is 0.0622 e. The molecule has 0 amide bonds. The average molecular weight is 807 g/mol. The minimum Gasteiger partial charge on any atom is -0.0622 e. The Morgan fingerprint density at radius 3 is 0.857 bits per heavy atom. The zero-order valence-corrected chi connectivity index (χ0v) is 37.0. The van der Waals surface area contributed by atoms with Gasteiger partial charge in [0.2, 0.25) is 0 Å². The first-order valence-corrected chi connectivity index (χ1v) is 22.6. The summed E-state index contributed by atoms with van der Waals surface area (Å²) in [5, 5.41) is 0.